The molecule has 0 radical (unpaired) electrons. The van der Waals surface area contributed by atoms with Crippen molar-refractivity contribution in [3.63, 3.8) is 0 Å². The highest BCUT2D eigenvalue weighted by atomic mass is 35.5. The molecule has 0 aliphatic rings. The van der Waals surface area contributed by atoms with Crippen molar-refractivity contribution in [3.05, 3.63) is 57.9 Å². The molecule has 2 aromatic rings. The minimum atomic E-state index is -0.963. The molecule has 1 aromatic heterocycles. The first kappa shape index (κ1) is 17.9. The van der Waals surface area contributed by atoms with Crippen LogP contribution in [0.2, 0.25) is 5.15 Å². The maximum Gasteiger partial charge on any atom is 0.342 e. The van der Waals surface area contributed by atoms with Gasteiger partial charge in [0.1, 0.15) is 5.15 Å². The number of aryl methyl sites for hydroxylation is 3. The summed E-state index contributed by atoms with van der Waals surface area (Å²) in [7, 11) is 0. The van der Waals surface area contributed by atoms with E-state index in [1.807, 2.05) is 25.1 Å². The first-order valence-corrected chi connectivity index (χ1v) is 7.88. The standard InChI is InChI=1S/C18H19ClN2O3/c1-10-6-5-7-14(8-10)21-17(22)13(4)24-18(23)15-11(2)9-12(3)20-16(15)19/h5-9,13H,1-4H3,(H,21,22)/t13-/m0/s1. The van der Waals surface area contributed by atoms with E-state index in [1.165, 1.54) is 6.92 Å². The number of nitrogens with zero attached hydrogens (tertiary/aromatic N) is 1. The van der Waals surface area contributed by atoms with Crippen molar-refractivity contribution in [1.82, 2.24) is 4.98 Å². The van der Waals surface area contributed by atoms with Crippen molar-refractivity contribution >= 4 is 29.2 Å². The largest absolute Gasteiger partial charge is 0.449 e. The van der Waals surface area contributed by atoms with Crippen molar-refractivity contribution in [3.8, 4) is 0 Å². The molecular weight excluding hydrogens is 328 g/mol. The van der Waals surface area contributed by atoms with Crippen LogP contribution < -0.4 is 5.32 Å². The van der Waals surface area contributed by atoms with Gasteiger partial charge in [-0.1, -0.05) is 23.7 Å². The zero-order valence-corrected chi connectivity index (χ0v) is 14.8. The highest BCUT2D eigenvalue weighted by Gasteiger charge is 2.23. The van der Waals surface area contributed by atoms with Gasteiger partial charge in [0, 0.05) is 11.4 Å². The topological polar surface area (TPSA) is 68.3 Å². The maximum atomic E-state index is 12.3. The Balaban J connectivity index is 2.07. The third-order valence-electron chi connectivity index (χ3n) is 3.44. The number of ether oxygens (including phenoxy) is 1. The van der Waals surface area contributed by atoms with Crippen molar-refractivity contribution in [2.45, 2.75) is 33.8 Å². The fourth-order valence-electron chi connectivity index (χ4n) is 2.28. The summed E-state index contributed by atoms with van der Waals surface area (Å²) in [5.41, 5.74) is 3.21. The van der Waals surface area contributed by atoms with E-state index in [0.717, 1.165) is 5.56 Å². The van der Waals surface area contributed by atoms with E-state index in [4.69, 9.17) is 16.3 Å². The predicted octanol–water partition coefficient (Wildman–Crippen LogP) is 3.84. The Bertz CT molecular complexity index is 767. The molecule has 6 heteroatoms. The van der Waals surface area contributed by atoms with Gasteiger partial charge < -0.3 is 10.1 Å². The van der Waals surface area contributed by atoms with E-state index < -0.39 is 18.0 Å². The van der Waals surface area contributed by atoms with E-state index in [2.05, 4.69) is 10.3 Å². The van der Waals surface area contributed by atoms with Gasteiger partial charge in [0.15, 0.2) is 6.10 Å². The number of amides is 1. The lowest BCUT2D eigenvalue weighted by Gasteiger charge is -2.15. The molecule has 0 bridgehead atoms. The second-order valence-corrected chi connectivity index (χ2v) is 6.01. The average molecular weight is 347 g/mol. The van der Waals surface area contributed by atoms with Gasteiger partial charge >= 0.3 is 5.97 Å². The van der Waals surface area contributed by atoms with Crippen LogP contribution in [-0.4, -0.2) is 23.0 Å². The number of benzene rings is 1. The zero-order valence-electron chi connectivity index (χ0n) is 14.0. The Morgan fingerprint density at radius 3 is 2.54 bits per heavy atom. The molecule has 0 aliphatic carbocycles. The summed E-state index contributed by atoms with van der Waals surface area (Å²) in [6.07, 6.45) is -0.963. The van der Waals surface area contributed by atoms with E-state index >= 15 is 0 Å². The average Bonchev–Trinajstić information content (AvgIpc) is 2.45. The van der Waals surface area contributed by atoms with Crippen LogP contribution in [0.1, 0.15) is 34.1 Å². The Kier molecular flexibility index (Phi) is 5.57. The molecule has 1 atom stereocenters. The lowest BCUT2D eigenvalue weighted by molar-refractivity contribution is -0.123. The Labute approximate surface area is 146 Å². The quantitative estimate of drug-likeness (QED) is 0.674. The van der Waals surface area contributed by atoms with Gasteiger partial charge in [-0.05, 0) is 57.0 Å². The number of esters is 1. The Hall–Kier alpha value is -2.40. The fourth-order valence-corrected chi connectivity index (χ4v) is 2.64. The molecule has 2 rings (SSSR count). The number of anilines is 1. The minimum absolute atomic E-state index is 0.0730. The van der Waals surface area contributed by atoms with Crippen LogP contribution in [0.15, 0.2) is 30.3 Å². The normalized spacial score (nSPS) is 11.7. The molecule has 0 spiro atoms. The first-order chi connectivity index (χ1) is 11.3. The molecule has 0 aliphatic heterocycles. The second-order valence-electron chi connectivity index (χ2n) is 5.65. The summed E-state index contributed by atoms with van der Waals surface area (Å²) in [5, 5.41) is 2.79. The number of carbonyl (C=O) groups excluding carboxylic acids is 2. The molecule has 0 unspecified atom stereocenters. The number of hydrogen-bond acceptors (Lipinski definition) is 4. The summed E-state index contributed by atoms with van der Waals surface area (Å²) in [5.74, 6) is -1.08. The second kappa shape index (κ2) is 7.45. The summed E-state index contributed by atoms with van der Waals surface area (Å²) >= 11 is 6.03. The third-order valence-corrected chi connectivity index (χ3v) is 3.72. The van der Waals surface area contributed by atoms with Gasteiger partial charge in [-0.25, -0.2) is 9.78 Å². The van der Waals surface area contributed by atoms with Crippen LogP contribution >= 0.6 is 11.6 Å². The van der Waals surface area contributed by atoms with Gasteiger partial charge in [-0.3, -0.25) is 4.79 Å². The summed E-state index contributed by atoms with van der Waals surface area (Å²) in [6.45, 7) is 6.96. The van der Waals surface area contributed by atoms with Crippen LogP contribution in [0.4, 0.5) is 5.69 Å². The van der Waals surface area contributed by atoms with Gasteiger partial charge in [-0.2, -0.15) is 0 Å². The van der Waals surface area contributed by atoms with Crippen LogP contribution in [0, 0.1) is 20.8 Å². The lowest BCUT2D eigenvalue weighted by atomic mass is 10.1. The van der Waals surface area contributed by atoms with Crippen molar-refractivity contribution in [1.29, 1.82) is 0 Å². The molecule has 0 saturated heterocycles. The lowest BCUT2D eigenvalue weighted by Crippen LogP contribution is -2.30. The molecule has 1 heterocycles. The summed E-state index contributed by atoms with van der Waals surface area (Å²) < 4.78 is 5.23. The Morgan fingerprint density at radius 1 is 1.21 bits per heavy atom. The molecule has 24 heavy (non-hydrogen) atoms. The molecule has 5 nitrogen and oxygen atoms in total. The smallest absolute Gasteiger partial charge is 0.342 e. The number of halogens is 1. The number of hydrogen-bond donors (Lipinski definition) is 1. The predicted molar refractivity (Wildman–Crippen MR) is 93.4 cm³/mol. The molecule has 1 amide bonds. The molecule has 1 aromatic carbocycles. The van der Waals surface area contributed by atoms with Gasteiger partial charge in [0.2, 0.25) is 0 Å². The summed E-state index contributed by atoms with van der Waals surface area (Å²) in [6, 6.07) is 9.10. The van der Waals surface area contributed by atoms with E-state index in [1.54, 1.807) is 26.0 Å². The van der Waals surface area contributed by atoms with Gasteiger partial charge in [-0.15, -0.1) is 0 Å². The molecule has 0 saturated carbocycles. The van der Waals surface area contributed by atoms with Crippen LogP contribution in [0.3, 0.4) is 0 Å². The number of nitrogens with one attached hydrogen (secondary N) is 1. The number of pyridine rings is 1. The van der Waals surface area contributed by atoms with Crippen LogP contribution in [0.5, 0.6) is 0 Å². The van der Waals surface area contributed by atoms with E-state index in [9.17, 15) is 9.59 Å². The zero-order chi connectivity index (χ0) is 17.9. The number of rotatable bonds is 4. The molecule has 126 valence electrons. The molecular formula is C18H19ClN2O3. The highest BCUT2D eigenvalue weighted by Crippen LogP contribution is 2.20. The highest BCUT2D eigenvalue weighted by molar-refractivity contribution is 6.32. The van der Waals surface area contributed by atoms with Gasteiger partial charge in [0.25, 0.3) is 5.91 Å². The number of aromatic nitrogens is 1. The monoisotopic (exact) mass is 346 g/mol. The van der Waals surface area contributed by atoms with Crippen molar-refractivity contribution < 1.29 is 14.3 Å². The van der Waals surface area contributed by atoms with Gasteiger partial charge in [0.05, 0.1) is 5.56 Å². The van der Waals surface area contributed by atoms with Crippen molar-refractivity contribution in [2.75, 3.05) is 5.32 Å². The Morgan fingerprint density at radius 2 is 1.92 bits per heavy atom. The molecule has 0 fully saturated rings. The van der Waals surface area contributed by atoms with Crippen LogP contribution in [-0.2, 0) is 9.53 Å². The number of carbonyl (C=O) groups is 2. The molecule has 1 N–H and O–H groups in total. The summed E-state index contributed by atoms with van der Waals surface area (Å²) in [4.78, 5) is 28.5. The fraction of sp³-hybridized carbons (Fsp3) is 0.278. The SMILES string of the molecule is Cc1cccc(NC(=O)[C@H](C)OC(=O)c2c(C)cc(C)nc2Cl)c1. The van der Waals surface area contributed by atoms with E-state index in [0.29, 0.717) is 16.9 Å². The van der Waals surface area contributed by atoms with Crippen molar-refractivity contribution in [2.24, 2.45) is 0 Å². The van der Waals surface area contributed by atoms with Crippen LogP contribution in [0.25, 0.3) is 0 Å². The third kappa shape index (κ3) is 4.32. The minimum Gasteiger partial charge on any atom is -0.449 e. The first-order valence-electron chi connectivity index (χ1n) is 7.50. The maximum absolute atomic E-state index is 12.3. The van der Waals surface area contributed by atoms with E-state index in [-0.39, 0.29) is 10.7 Å².